The van der Waals surface area contributed by atoms with Gasteiger partial charge in [0.1, 0.15) is 0 Å². The van der Waals surface area contributed by atoms with Crippen molar-refractivity contribution in [3.63, 3.8) is 0 Å². The molecule has 0 fully saturated rings. The highest BCUT2D eigenvalue weighted by molar-refractivity contribution is 7.78. The van der Waals surface area contributed by atoms with Crippen LogP contribution in [0.3, 0.4) is 0 Å². The molecule has 3 aromatic carbocycles. The second-order valence-electron chi connectivity index (χ2n) is 6.20. The van der Waals surface area contributed by atoms with E-state index >= 15 is 0 Å². The quantitative estimate of drug-likeness (QED) is 0.267. The Morgan fingerprint density at radius 2 is 1.48 bits per heavy atom. The van der Waals surface area contributed by atoms with Crippen molar-refractivity contribution in [1.82, 2.24) is 0 Å². The van der Waals surface area contributed by atoms with Gasteiger partial charge in [-0.25, -0.2) is 0 Å². The molecular weight excluding hydrogens is 370 g/mol. The van der Waals surface area contributed by atoms with Gasteiger partial charge in [0.2, 0.25) is 0 Å². The minimum absolute atomic E-state index is 0.571. The van der Waals surface area contributed by atoms with Crippen molar-refractivity contribution < 1.29 is 0 Å². The topological polar surface area (TPSA) is 12.4 Å². The molecule has 0 aliphatic heterocycles. The summed E-state index contributed by atoms with van der Waals surface area (Å²) in [5.74, 6) is 6.43. The van der Waals surface area contributed by atoms with E-state index in [1.165, 1.54) is 5.56 Å². The predicted molar refractivity (Wildman–Crippen MR) is 118 cm³/mol. The van der Waals surface area contributed by atoms with Crippen molar-refractivity contribution >= 4 is 34.7 Å². The summed E-state index contributed by atoms with van der Waals surface area (Å²) in [6, 6.07) is 20.5. The molecule has 0 radical (unpaired) electrons. The number of halogens is 1. The van der Waals surface area contributed by atoms with Crippen LogP contribution in [0.1, 0.15) is 29.2 Å². The van der Waals surface area contributed by atoms with E-state index in [0.717, 1.165) is 34.2 Å². The van der Waals surface area contributed by atoms with Crippen LogP contribution in [0, 0.1) is 18.8 Å². The zero-order valence-electron chi connectivity index (χ0n) is 15.2. The molecule has 0 unspecified atom stereocenters. The van der Waals surface area contributed by atoms with E-state index in [9.17, 15) is 0 Å². The van der Waals surface area contributed by atoms with Crippen molar-refractivity contribution in [2.45, 2.75) is 20.3 Å². The zero-order valence-corrected chi connectivity index (χ0v) is 16.8. The van der Waals surface area contributed by atoms with Crippen molar-refractivity contribution in [2.24, 2.45) is 4.99 Å². The molecule has 132 valence electrons. The van der Waals surface area contributed by atoms with Crippen LogP contribution >= 0.6 is 23.8 Å². The fourth-order valence-corrected chi connectivity index (χ4v) is 3.20. The average Bonchev–Trinajstić information content (AvgIpc) is 2.70. The molecular formula is C24H18ClNS. The lowest BCUT2D eigenvalue weighted by atomic mass is 10.0. The molecule has 1 nitrogen and oxygen atoms in total. The largest absolute Gasteiger partial charge is 0.193 e. The summed E-state index contributed by atoms with van der Waals surface area (Å²) >= 11 is 11.0. The number of nitrogens with zero attached hydrogens (tertiary/aromatic N) is 1. The van der Waals surface area contributed by atoms with Crippen LogP contribution in [0.2, 0.25) is 5.02 Å². The molecule has 0 aliphatic carbocycles. The highest BCUT2D eigenvalue weighted by Gasteiger charge is 2.07. The monoisotopic (exact) mass is 387 g/mol. The normalized spacial score (nSPS) is 9.89. The van der Waals surface area contributed by atoms with Gasteiger partial charge < -0.3 is 0 Å². The summed E-state index contributed by atoms with van der Waals surface area (Å²) < 4.78 is 0. The first kappa shape index (κ1) is 19.1. The number of isothiocyanates is 1. The first-order valence-electron chi connectivity index (χ1n) is 8.70. The highest BCUT2D eigenvalue weighted by atomic mass is 35.5. The Hall–Kier alpha value is -2.69. The number of hydrogen-bond donors (Lipinski definition) is 0. The molecule has 0 atom stereocenters. The van der Waals surface area contributed by atoms with Gasteiger partial charge in [-0.15, -0.1) is 0 Å². The number of rotatable bonds is 3. The lowest BCUT2D eigenvalue weighted by molar-refractivity contribution is 1.14. The molecule has 0 saturated carbocycles. The summed E-state index contributed by atoms with van der Waals surface area (Å²) in [6.07, 6.45) is 1.04. The van der Waals surface area contributed by atoms with Gasteiger partial charge >= 0.3 is 0 Å². The molecule has 0 N–H and O–H groups in total. The van der Waals surface area contributed by atoms with E-state index in [1.54, 1.807) is 0 Å². The van der Waals surface area contributed by atoms with Crippen LogP contribution in [0.5, 0.6) is 0 Å². The van der Waals surface area contributed by atoms with Crippen molar-refractivity contribution in [2.75, 3.05) is 0 Å². The number of thiocarbonyl (C=S) groups is 1. The highest BCUT2D eigenvalue weighted by Crippen LogP contribution is 2.34. The maximum atomic E-state index is 6.33. The standard InChI is InChI=1S/C24H18ClNS/c1-3-18-4-6-19(7-5-18)8-9-20-10-12-21(13-11-20)22-14-17(2)24(26-16-27)23(25)15-22/h4-7,10-15H,3H2,1-2H3. The van der Waals surface area contributed by atoms with Crippen molar-refractivity contribution in [3.8, 4) is 23.0 Å². The Balaban J connectivity index is 1.83. The molecule has 0 aliphatic rings. The second kappa shape index (κ2) is 8.80. The molecule has 3 heteroatoms. The fraction of sp³-hybridized carbons (Fsp3) is 0.125. The number of aryl methyl sites for hydroxylation is 2. The predicted octanol–water partition coefficient (Wildman–Crippen LogP) is 7.01. The van der Waals surface area contributed by atoms with Gasteiger partial charge in [-0.3, -0.25) is 0 Å². The van der Waals surface area contributed by atoms with E-state index < -0.39 is 0 Å². The Bertz CT molecular complexity index is 1040. The molecule has 0 aromatic heterocycles. The molecule has 0 bridgehead atoms. The van der Waals surface area contributed by atoms with E-state index in [-0.39, 0.29) is 0 Å². The zero-order chi connectivity index (χ0) is 19.2. The third kappa shape index (κ3) is 4.73. The summed E-state index contributed by atoms with van der Waals surface area (Å²) in [5.41, 5.74) is 7.07. The SMILES string of the molecule is CCc1ccc(C#Cc2ccc(-c3cc(C)c(N=C=S)c(Cl)c3)cc2)cc1. The molecule has 3 aromatic rings. The van der Waals surface area contributed by atoms with E-state index in [1.807, 2.05) is 31.2 Å². The van der Waals surface area contributed by atoms with Gasteiger partial charge in [0.05, 0.1) is 15.9 Å². The minimum Gasteiger partial charge on any atom is -0.193 e. The summed E-state index contributed by atoms with van der Waals surface area (Å²) in [7, 11) is 0. The number of hydrogen-bond acceptors (Lipinski definition) is 2. The van der Waals surface area contributed by atoms with E-state index in [0.29, 0.717) is 10.7 Å². The van der Waals surface area contributed by atoms with Crippen LogP contribution < -0.4 is 0 Å². The first-order valence-corrected chi connectivity index (χ1v) is 9.48. The summed E-state index contributed by atoms with van der Waals surface area (Å²) in [6.45, 7) is 4.11. The van der Waals surface area contributed by atoms with Gasteiger partial charge in [0.25, 0.3) is 0 Å². The Labute approximate surface area is 170 Å². The Morgan fingerprint density at radius 3 is 2.00 bits per heavy atom. The van der Waals surface area contributed by atoms with Crippen molar-refractivity contribution in [1.29, 1.82) is 0 Å². The summed E-state index contributed by atoms with van der Waals surface area (Å²) in [5, 5.41) is 2.95. The minimum atomic E-state index is 0.571. The van der Waals surface area contributed by atoms with Crippen LogP contribution in [-0.4, -0.2) is 5.16 Å². The van der Waals surface area contributed by atoms with Crippen LogP contribution in [-0.2, 0) is 6.42 Å². The maximum absolute atomic E-state index is 6.33. The van der Waals surface area contributed by atoms with Gasteiger partial charge in [-0.1, -0.05) is 54.6 Å². The third-order valence-electron chi connectivity index (χ3n) is 4.34. The van der Waals surface area contributed by atoms with E-state index in [2.05, 4.69) is 77.5 Å². The smallest absolute Gasteiger partial charge is 0.0955 e. The van der Waals surface area contributed by atoms with Gasteiger partial charge in [-0.05, 0) is 84.2 Å². The number of aliphatic imine (C=N–C) groups is 1. The fourth-order valence-electron chi connectivity index (χ4n) is 2.80. The van der Waals surface area contributed by atoms with Gasteiger partial charge in [0, 0.05) is 11.1 Å². The molecule has 0 amide bonds. The first-order chi connectivity index (χ1) is 13.1. The lowest BCUT2D eigenvalue weighted by Crippen LogP contribution is -1.84. The van der Waals surface area contributed by atoms with E-state index in [4.69, 9.17) is 11.6 Å². The molecule has 27 heavy (non-hydrogen) atoms. The van der Waals surface area contributed by atoms with Crippen LogP contribution in [0.15, 0.2) is 65.7 Å². The lowest BCUT2D eigenvalue weighted by Gasteiger charge is -2.07. The van der Waals surface area contributed by atoms with Crippen LogP contribution in [0.25, 0.3) is 11.1 Å². The summed E-state index contributed by atoms with van der Waals surface area (Å²) in [4.78, 5) is 4.03. The van der Waals surface area contributed by atoms with Crippen molar-refractivity contribution in [3.05, 3.63) is 87.9 Å². The Morgan fingerprint density at radius 1 is 0.889 bits per heavy atom. The van der Waals surface area contributed by atoms with Gasteiger partial charge in [0.15, 0.2) is 0 Å². The van der Waals surface area contributed by atoms with Gasteiger partial charge in [-0.2, -0.15) is 4.99 Å². The maximum Gasteiger partial charge on any atom is 0.0955 e. The molecule has 0 heterocycles. The second-order valence-corrected chi connectivity index (χ2v) is 6.79. The Kier molecular flexibility index (Phi) is 6.22. The molecule has 0 saturated heterocycles. The third-order valence-corrected chi connectivity index (χ3v) is 4.72. The molecule has 3 rings (SSSR count). The average molecular weight is 388 g/mol. The molecule has 0 spiro atoms. The van der Waals surface area contributed by atoms with Crippen LogP contribution in [0.4, 0.5) is 5.69 Å². The number of benzene rings is 3.